The van der Waals surface area contributed by atoms with Gasteiger partial charge in [-0.3, -0.25) is 4.79 Å². The third kappa shape index (κ3) is 4.76. The molecule has 1 saturated heterocycles. The van der Waals surface area contributed by atoms with Crippen molar-refractivity contribution >= 4 is 42.2 Å². The van der Waals surface area contributed by atoms with Crippen LogP contribution >= 0.6 is 12.2 Å². The van der Waals surface area contributed by atoms with Crippen LogP contribution in [0.2, 0.25) is 18.1 Å². The number of nitrogens with zero attached hydrogens (tertiary/aromatic N) is 1. The number of rotatable bonds is 7. The van der Waals surface area contributed by atoms with Crippen LogP contribution in [-0.2, 0) is 9.22 Å². The van der Waals surface area contributed by atoms with E-state index < -0.39 is 8.32 Å². The van der Waals surface area contributed by atoms with E-state index in [-0.39, 0.29) is 29.0 Å². The third-order valence-electron chi connectivity index (χ3n) is 6.42. The van der Waals surface area contributed by atoms with Gasteiger partial charge in [0.15, 0.2) is 8.32 Å². The van der Waals surface area contributed by atoms with Crippen LogP contribution in [0.25, 0.3) is 10.9 Å². The summed E-state index contributed by atoms with van der Waals surface area (Å²) in [5.74, 6) is -0.00700. The van der Waals surface area contributed by atoms with Crippen molar-refractivity contribution in [2.24, 2.45) is 5.92 Å². The first kappa shape index (κ1) is 22.1. The minimum Gasteiger partial charge on any atom is -0.413 e. The fraction of sp³-hybridized carbons (Fsp3) is 0.522. The Bertz CT molecular complexity index is 922. The number of benzene rings is 1. The Labute approximate surface area is 180 Å². The zero-order valence-electron chi connectivity index (χ0n) is 18.3. The largest absolute Gasteiger partial charge is 0.413 e. The van der Waals surface area contributed by atoms with Gasteiger partial charge >= 0.3 is 0 Å². The van der Waals surface area contributed by atoms with Crippen LogP contribution in [0.4, 0.5) is 0 Å². The highest BCUT2D eigenvalue weighted by molar-refractivity contribution is 7.80. The Balaban J connectivity index is 1.61. The fourth-order valence-corrected chi connectivity index (χ4v) is 5.26. The molecule has 3 atom stereocenters. The van der Waals surface area contributed by atoms with E-state index in [9.17, 15) is 4.79 Å². The van der Waals surface area contributed by atoms with E-state index in [0.29, 0.717) is 0 Å². The number of amides is 1. The standard InChI is InChI=1S/C23H32N2O2SSi/c1-15(27-29(5,6)23(2,3)4)21-19(25-22(21)26)13-14-20(28)18-12-11-16-9-7-8-10-17(16)24-18/h7-12,15,19,21H,13-14H2,1-6H3,(H,25,26)/t15-,19+,21-/m1/s1. The van der Waals surface area contributed by atoms with Crippen molar-refractivity contribution in [2.75, 3.05) is 0 Å². The molecular weight excluding hydrogens is 396 g/mol. The number of fused-ring (bicyclic) bond motifs is 1. The number of para-hydroxylation sites is 1. The summed E-state index contributed by atoms with van der Waals surface area (Å²) in [5, 5.41) is 4.29. The molecule has 2 aromatic rings. The lowest BCUT2D eigenvalue weighted by molar-refractivity contribution is -0.140. The molecule has 0 saturated carbocycles. The highest BCUT2D eigenvalue weighted by Crippen LogP contribution is 2.39. The van der Waals surface area contributed by atoms with Crippen molar-refractivity contribution < 1.29 is 9.22 Å². The van der Waals surface area contributed by atoms with Crippen LogP contribution in [0.15, 0.2) is 36.4 Å². The van der Waals surface area contributed by atoms with E-state index in [1.807, 2.05) is 37.3 Å². The molecule has 0 unspecified atom stereocenters. The van der Waals surface area contributed by atoms with Crippen molar-refractivity contribution in [3.05, 3.63) is 42.1 Å². The number of carbonyl (C=O) groups excluding carboxylic acids is 1. The van der Waals surface area contributed by atoms with Crippen molar-refractivity contribution in [3.8, 4) is 0 Å². The molecule has 4 nitrogen and oxygen atoms in total. The lowest BCUT2D eigenvalue weighted by Crippen LogP contribution is -2.63. The van der Waals surface area contributed by atoms with Crippen molar-refractivity contribution in [3.63, 3.8) is 0 Å². The maximum Gasteiger partial charge on any atom is 0.228 e. The van der Waals surface area contributed by atoms with Crippen molar-refractivity contribution in [1.29, 1.82) is 0 Å². The number of aromatic nitrogens is 1. The monoisotopic (exact) mass is 428 g/mol. The second kappa shape index (κ2) is 8.24. The van der Waals surface area contributed by atoms with Gasteiger partial charge in [-0.2, -0.15) is 0 Å². The Hall–Kier alpha value is -1.63. The molecule has 1 aromatic heterocycles. The average Bonchev–Trinajstić information content (AvgIpc) is 2.62. The van der Waals surface area contributed by atoms with Crippen LogP contribution in [-0.4, -0.2) is 36.2 Å². The molecule has 1 N–H and O–H groups in total. The summed E-state index contributed by atoms with van der Waals surface area (Å²) in [6.07, 6.45) is 1.46. The zero-order chi connectivity index (χ0) is 21.4. The Morgan fingerprint density at radius 3 is 2.59 bits per heavy atom. The van der Waals surface area contributed by atoms with Crippen molar-refractivity contribution in [2.45, 2.75) is 70.8 Å². The number of β-lactam (4-membered cyclic amide) rings is 1. The molecule has 0 spiro atoms. The second-order valence-electron chi connectivity index (χ2n) is 9.58. The Kier molecular flexibility index (Phi) is 6.27. The molecule has 3 rings (SSSR count). The zero-order valence-corrected chi connectivity index (χ0v) is 20.1. The summed E-state index contributed by atoms with van der Waals surface area (Å²) in [6, 6.07) is 12.2. The summed E-state index contributed by atoms with van der Waals surface area (Å²) in [4.78, 5) is 17.8. The van der Waals surface area contributed by atoms with Gasteiger partial charge in [-0.05, 0) is 50.0 Å². The molecule has 0 radical (unpaired) electrons. The Morgan fingerprint density at radius 1 is 1.24 bits per heavy atom. The van der Waals surface area contributed by atoms with Crippen LogP contribution in [0.1, 0.15) is 46.2 Å². The number of thiocarbonyl (C=S) groups is 1. The second-order valence-corrected chi connectivity index (χ2v) is 14.8. The van der Waals surface area contributed by atoms with E-state index in [4.69, 9.17) is 21.6 Å². The van der Waals surface area contributed by atoms with Gasteiger partial charge in [-0.15, -0.1) is 0 Å². The minimum absolute atomic E-state index is 0.0815. The van der Waals surface area contributed by atoms with Gasteiger partial charge in [-0.1, -0.05) is 57.3 Å². The summed E-state index contributed by atoms with van der Waals surface area (Å²) >= 11 is 5.64. The van der Waals surface area contributed by atoms with Crippen LogP contribution in [0.5, 0.6) is 0 Å². The fourth-order valence-electron chi connectivity index (χ4n) is 3.60. The number of pyridine rings is 1. The van der Waals surface area contributed by atoms with Crippen LogP contribution in [0.3, 0.4) is 0 Å². The lowest BCUT2D eigenvalue weighted by Gasteiger charge is -2.45. The number of hydrogen-bond acceptors (Lipinski definition) is 4. The maximum absolute atomic E-state index is 12.3. The summed E-state index contributed by atoms with van der Waals surface area (Å²) in [6.45, 7) is 13.2. The van der Waals surface area contributed by atoms with Crippen molar-refractivity contribution in [1.82, 2.24) is 10.3 Å². The predicted octanol–water partition coefficient (Wildman–Crippen LogP) is 5.26. The molecule has 6 heteroatoms. The highest BCUT2D eigenvalue weighted by atomic mass is 32.1. The van der Waals surface area contributed by atoms with Gasteiger partial charge in [0.25, 0.3) is 0 Å². The van der Waals surface area contributed by atoms with E-state index in [1.165, 1.54) is 0 Å². The molecular formula is C23H32N2O2SSi. The highest BCUT2D eigenvalue weighted by Gasteiger charge is 2.47. The smallest absolute Gasteiger partial charge is 0.228 e. The summed E-state index contributed by atoms with van der Waals surface area (Å²) in [5.41, 5.74) is 1.81. The lowest BCUT2D eigenvalue weighted by atomic mass is 9.83. The molecule has 0 bridgehead atoms. The van der Waals surface area contributed by atoms with E-state index in [0.717, 1.165) is 34.3 Å². The molecule has 0 aliphatic carbocycles. The molecule has 1 amide bonds. The molecule has 2 heterocycles. The summed E-state index contributed by atoms with van der Waals surface area (Å²) < 4.78 is 6.48. The van der Waals surface area contributed by atoms with Gasteiger partial charge in [0.1, 0.15) is 0 Å². The maximum atomic E-state index is 12.3. The van der Waals surface area contributed by atoms with Gasteiger partial charge < -0.3 is 9.74 Å². The topological polar surface area (TPSA) is 51.2 Å². The molecule has 1 aliphatic rings. The minimum atomic E-state index is -1.91. The van der Waals surface area contributed by atoms with Crippen LogP contribution < -0.4 is 5.32 Å². The van der Waals surface area contributed by atoms with Gasteiger partial charge in [0.2, 0.25) is 5.91 Å². The molecule has 1 aromatic carbocycles. The molecule has 1 aliphatic heterocycles. The first-order chi connectivity index (χ1) is 13.5. The van der Waals surface area contributed by atoms with E-state index in [2.05, 4.69) is 45.2 Å². The molecule has 1 fully saturated rings. The van der Waals surface area contributed by atoms with E-state index in [1.54, 1.807) is 0 Å². The quantitative estimate of drug-likeness (QED) is 0.283. The SMILES string of the molecule is C[C@@H](O[Si](C)(C)C(C)(C)C)[C@H]1C(=O)N[C@H]1CCC(=S)c1ccc2ccccc2n1. The van der Waals surface area contributed by atoms with Crippen LogP contribution in [0, 0.1) is 5.92 Å². The number of carbonyl (C=O) groups is 1. The predicted molar refractivity (Wildman–Crippen MR) is 126 cm³/mol. The van der Waals surface area contributed by atoms with Gasteiger partial charge in [0, 0.05) is 16.3 Å². The molecule has 156 valence electrons. The number of hydrogen-bond donors (Lipinski definition) is 1. The number of nitrogens with one attached hydrogen (secondary N) is 1. The van der Waals surface area contributed by atoms with Gasteiger partial charge in [-0.25, -0.2) is 4.98 Å². The first-order valence-electron chi connectivity index (χ1n) is 10.4. The van der Waals surface area contributed by atoms with E-state index >= 15 is 0 Å². The third-order valence-corrected chi connectivity index (χ3v) is 11.4. The molecule has 29 heavy (non-hydrogen) atoms. The first-order valence-corrected chi connectivity index (χ1v) is 13.7. The van der Waals surface area contributed by atoms with Gasteiger partial charge in [0.05, 0.1) is 23.2 Å². The Morgan fingerprint density at radius 2 is 1.93 bits per heavy atom. The average molecular weight is 429 g/mol. The summed E-state index contributed by atoms with van der Waals surface area (Å²) in [7, 11) is -1.91. The normalized spacial score (nSPS) is 20.8.